The van der Waals surface area contributed by atoms with Crippen molar-refractivity contribution in [2.45, 2.75) is 45.0 Å². The molecule has 2 rings (SSSR count). The SMILES string of the molecule is CNC(c1cccc(OC(F)(F)F)c1)C1CCCC(C)C1. The second kappa shape index (κ2) is 6.69. The van der Waals surface area contributed by atoms with E-state index in [2.05, 4.69) is 17.0 Å². The van der Waals surface area contributed by atoms with E-state index in [1.165, 1.54) is 25.0 Å². The molecule has 0 saturated heterocycles. The first-order valence-electron chi connectivity index (χ1n) is 7.42. The van der Waals surface area contributed by atoms with Gasteiger partial charge in [-0.2, -0.15) is 0 Å². The van der Waals surface area contributed by atoms with Gasteiger partial charge in [-0.15, -0.1) is 13.2 Å². The van der Waals surface area contributed by atoms with Gasteiger partial charge in [0.25, 0.3) is 0 Å². The standard InChI is InChI=1S/C16H22F3NO/c1-11-5-3-6-12(9-11)15(20-2)13-7-4-8-14(10-13)21-16(17,18)19/h4,7-8,10-12,15,20H,3,5-6,9H2,1-2H3. The van der Waals surface area contributed by atoms with Crippen LogP contribution in [0, 0.1) is 11.8 Å². The van der Waals surface area contributed by atoms with Crippen molar-refractivity contribution in [1.82, 2.24) is 5.32 Å². The molecule has 118 valence electrons. The monoisotopic (exact) mass is 301 g/mol. The summed E-state index contributed by atoms with van der Waals surface area (Å²) in [6, 6.07) is 6.39. The fraction of sp³-hybridized carbons (Fsp3) is 0.625. The van der Waals surface area contributed by atoms with Crippen LogP contribution >= 0.6 is 0 Å². The highest BCUT2D eigenvalue weighted by Gasteiger charge is 2.32. The molecule has 1 N–H and O–H groups in total. The largest absolute Gasteiger partial charge is 0.573 e. The van der Waals surface area contributed by atoms with Crippen molar-refractivity contribution in [1.29, 1.82) is 0 Å². The summed E-state index contributed by atoms with van der Waals surface area (Å²) in [6.07, 6.45) is -0.00387. The Kier molecular flexibility index (Phi) is 5.14. The lowest BCUT2D eigenvalue weighted by molar-refractivity contribution is -0.274. The average Bonchev–Trinajstić information content (AvgIpc) is 2.38. The van der Waals surface area contributed by atoms with Gasteiger partial charge in [0.1, 0.15) is 5.75 Å². The van der Waals surface area contributed by atoms with Crippen molar-refractivity contribution < 1.29 is 17.9 Å². The van der Waals surface area contributed by atoms with E-state index in [4.69, 9.17) is 0 Å². The quantitative estimate of drug-likeness (QED) is 0.872. The molecule has 5 heteroatoms. The number of benzene rings is 1. The molecule has 3 atom stereocenters. The van der Waals surface area contributed by atoms with Gasteiger partial charge in [-0.3, -0.25) is 0 Å². The van der Waals surface area contributed by atoms with Gasteiger partial charge in [0.15, 0.2) is 0 Å². The third-order valence-electron chi connectivity index (χ3n) is 4.21. The van der Waals surface area contributed by atoms with E-state index in [1.807, 2.05) is 13.1 Å². The molecule has 21 heavy (non-hydrogen) atoms. The minimum Gasteiger partial charge on any atom is -0.406 e. The highest BCUT2D eigenvalue weighted by Crippen LogP contribution is 2.38. The zero-order chi connectivity index (χ0) is 15.5. The van der Waals surface area contributed by atoms with E-state index >= 15 is 0 Å². The Balaban J connectivity index is 2.16. The zero-order valence-corrected chi connectivity index (χ0v) is 12.4. The fourth-order valence-corrected chi connectivity index (χ4v) is 3.36. The van der Waals surface area contributed by atoms with E-state index in [1.54, 1.807) is 6.07 Å². The smallest absolute Gasteiger partial charge is 0.406 e. The second-order valence-corrected chi connectivity index (χ2v) is 5.92. The van der Waals surface area contributed by atoms with Gasteiger partial charge in [0.2, 0.25) is 0 Å². The summed E-state index contributed by atoms with van der Waals surface area (Å²) in [5.41, 5.74) is 0.860. The number of halogens is 3. The van der Waals surface area contributed by atoms with Gasteiger partial charge in [-0.25, -0.2) is 0 Å². The highest BCUT2D eigenvalue weighted by molar-refractivity contribution is 5.31. The Morgan fingerprint density at radius 2 is 2.05 bits per heavy atom. The first-order chi connectivity index (χ1) is 9.89. The number of hydrogen-bond donors (Lipinski definition) is 1. The summed E-state index contributed by atoms with van der Waals surface area (Å²) in [4.78, 5) is 0. The van der Waals surface area contributed by atoms with Crippen molar-refractivity contribution in [3.63, 3.8) is 0 Å². The minimum absolute atomic E-state index is 0.0736. The second-order valence-electron chi connectivity index (χ2n) is 5.92. The average molecular weight is 301 g/mol. The molecular weight excluding hydrogens is 279 g/mol. The summed E-state index contributed by atoms with van der Waals surface area (Å²) >= 11 is 0. The Bertz CT molecular complexity index is 461. The maximum atomic E-state index is 12.3. The van der Waals surface area contributed by atoms with Crippen molar-refractivity contribution >= 4 is 0 Å². The van der Waals surface area contributed by atoms with Crippen LogP contribution < -0.4 is 10.1 Å². The molecule has 1 aromatic rings. The summed E-state index contributed by atoms with van der Waals surface area (Å²) < 4.78 is 41.0. The van der Waals surface area contributed by atoms with Crippen LogP contribution in [0.15, 0.2) is 24.3 Å². The van der Waals surface area contributed by atoms with Gasteiger partial charge in [-0.1, -0.05) is 31.9 Å². The highest BCUT2D eigenvalue weighted by atomic mass is 19.4. The summed E-state index contributed by atoms with van der Waals surface area (Å²) in [7, 11) is 1.86. The Morgan fingerprint density at radius 3 is 2.67 bits per heavy atom. The van der Waals surface area contributed by atoms with E-state index < -0.39 is 6.36 Å². The van der Waals surface area contributed by atoms with Gasteiger partial charge < -0.3 is 10.1 Å². The lowest BCUT2D eigenvalue weighted by Gasteiger charge is -2.33. The lowest BCUT2D eigenvalue weighted by atomic mass is 9.77. The van der Waals surface area contributed by atoms with E-state index in [0.29, 0.717) is 11.8 Å². The molecule has 0 amide bonds. The van der Waals surface area contributed by atoms with Crippen LogP contribution in [0.1, 0.15) is 44.2 Å². The van der Waals surface area contributed by atoms with Crippen LogP contribution in [0.25, 0.3) is 0 Å². The third kappa shape index (κ3) is 4.63. The molecule has 3 unspecified atom stereocenters. The van der Waals surface area contributed by atoms with Crippen LogP contribution in [0.3, 0.4) is 0 Å². The molecule has 1 saturated carbocycles. The predicted octanol–water partition coefficient (Wildman–Crippen LogP) is 4.67. The van der Waals surface area contributed by atoms with Crippen LogP contribution in [0.4, 0.5) is 13.2 Å². The van der Waals surface area contributed by atoms with Crippen molar-refractivity contribution in [3.8, 4) is 5.75 Å². The third-order valence-corrected chi connectivity index (χ3v) is 4.21. The van der Waals surface area contributed by atoms with Crippen LogP contribution in [-0.2, 0) is 0 Å². The molecule has 0 heterocycles. The maximum absolute atomic E-state index is 12.3. The van der Waals surface area contributed by atoms with Crippen LogP contribution in [0.5, 0.6) is 5.75 Å². The van der Waals surface area contributed by atoms with E-state index in [0.717, 1.165) is 18.4 Å². The predicted molar refractivity (Wildman–Crippen MR) is 76.0 cm³/mol. The van der Waals surface area contributed by atoms with E-state index in [9.17, 15) is 13.2 Å². The van der Waals surface area contributed by atoms with Gasteiger partial charge in [0.05, 0.1) is 0 Å². The molecule has 2 nitrogen and oxygen atoms in total. The fourth-order valence-electron chi connectivity index (χ4n) is 3.36. The van der Waals surface area contributed by atoms with Crippen molar-refractivity contribution in [3.05, 3.63) is 29.8 Å². The van der Waals surface area contributed by atoms with E-state index in [-0.39, 0.29) is 11.8 Å². The van der Waals surface area contributed by atoms with Crippen molar-refractivity contribution in [2.24, 2.45) is 11.8 Å². The minimum atomic E-state index is -4.65. The molecule has 0 aromatic heterocycles. The molecule has 1 aliphatic carbocycles. The van der Waals surface area contributed by atoms with Crippen LogP contribution in [-0.4, -0.2) is 13.4 Å². The zero-order valence-electron chi connectivity index (χ0n) is 12.4. The van der Waals surface area contributed by atoms with Gasteiger partial charge >= 0.3 is 6.36 Å². The Hall–Kier alpha value is -1.23. The summed E-state index contributed by atoms with van der Waals surface area (Å²) in [6.45, 7) is 2.24. The summed E-state index contributed by atoms with van der Waals surface area (Å²) in [5, 5.41) is 3.26. The molecule has 0 aliphatic heterocycles. The van der Waals surface area contributed by atoms with Crippen LogP contribution in [0.2, 0.25) is 0 Å². The normalized spacial score (nSPS) is 24.6. The number of nitrogens with one attached hydrogen (secondary N) is 1. The molecule has 0 bridgehead atoms. The number of rotatable bonds is 4. The number of ether oxygens (including phenoxy) is 1. The lowest BCUT2D eigenvalue weighted by Crippen LogP contribution is -2.29. The first kappa shape index (κ1) is 16.1. The molecule has 1 fully saturated rings. The van der Waals surface area contributed by atoms with Gasteiger partial charge in [0, 0.05) is 6.04 Å². The molecular formula is C16H22F3NO. The topological polar surface area (TPSA) is 21.3 Å². The Labute approximate surface area is 123 Å². The molecule has 1 aromatic carbocycles. The number of hydrogen-bond acceptors (Lipinski definition) is 2. The van der Waals surface area contributed by atoms with Gasteiger partial charge in [-0.05, 0) is 49.4 Å². The molecule has 0 spiro atoms. The first-order valence-corrected chi connectivity index (χ1v) is 7.42. The number of alkyl halides is 3. The molecule has 0 radical (unpaired) electrons. The summed E-state index contributed by atoms with van der Waals surface area (Å²) in [5.74, 6) is 0.984. The molecule has 1 aliphatic rings. The Morgan fingerprint density at radius 1 is 1.29 bits per heavy atom. The van der Waals surface area contributed by atoms with Crippen molar-refractivity contribution in [2.75, 3.05) is 7.05 Å². The maximum Gasteiger partial charge on any atom is 0.573 e.